The molecule has 5 rings (SSSR count). The third kappa shape index (κ3) is 5.11. The Kier molecular flexibility index (Phi) is 7.46. The monoisotopic (exact) mass is 573 g/mol. The largest absolute Gasteiger partial charge is 0.459 e. The van der Waals surface area contributed by atoms with Gasteiger partial charge in [-0.15, -0.1) is 0 Å². The molecule has 2 aromatic carbocycles. The van der Waals surface area contributed by atoms with Crippen molar-refractivity contribution >= 4 is 35.0 Å². The topological polar surface area (TPSA) is 65.6 Å². The molecule has 0 saturated carbocycles. The quantitative estimate of drug-likeness (QED) is 0.281. The molecule has 1 aliphatic rings. The zero-order valence-electron chi connectivity index (χ0n) is 23.7. The molecule has 3 heterocycles. The molecule has 1 aliphatic heterocycles. The van der Waals surface area contributed by atoms with E-state index in [9.17, 15) is 9.59 Å². The number of hydrogen-bond donors (Lipinski definition) is 0. The number of rotatable bonds is 5. The highest BCUT2D eigenvalue weighted by Gasteiger charge is 2.33. The fraction of sp³-hybridized carbons (Fsp3) is 0.281. The van der Waals surface area contributed by atoms with Crippen LogP contribution in [0.1, 0.15) is 60.5 Å². The molecule has 206 valence electrons. The maximum atomic E-state index is 14.0. The normalized spacial score (nSPS) is 15.4. The van der Waals surface area contributed by atoms with E-state index in [1.807, 2.05) is 18.2 Å². The molecule has 1 atom stereocenters. The van der Waals surface area contributed by atoms with Crippen LogP contribution in [0, 0.1) is 27.7 Å². The van der Waals surface area contributed by atoms with E-state index in [4.69, 9.17) is 21.3 Å². The Hall–Kier alpha value is -3.68. The number of thiazole rings is 1. The molecular weight excluding hydrogens is 542 g/mol. The second-order valence-electron chi connectivity index (χ2n) is 10.6. The highest BCUT2D eigenvalue weighted by Crippen LogP contribution is 2.31. The number of carbonyl (C=O) groups excluding carboxylic acids is 1. The van der Waals surface area contributed by atoms with Gasteiger partial charge in [-0.25, -0.2) is 9.79 Å². The molecule has 0 fully saturated rings. The number of carbonyl (C=O) groups is 1. The van der Waals surface area contributed by atoms with Crippen molar-refractivity contribution in [2.45, 2.75) is 60.6 Å². The van der Waals surface area contributed by atoms with Crippen molar-refractivity contribution in [2.75, 3.05) is 0 Å². The highest BCUT2D eigenvalue weighted by atomic mass is 35.5. The molecule has 40 heavy (non-hydrogen) atoms. The van der Waals surface area contributed by atoms with Gasteiger partial charge in [0.1, 0.15) is 0 Å². The van der Waals surface area contributed by atoms with Gasteiger partial charge in [-0.2, -0.15) is 0 Å². The van der Waals surface area contributed by atoms with Gasteiger partial charge in [-0.3, -0.25) is 9.36 Å². The summed E-state index contributed by atoms with van der Waals surface area (Å²) in [5.74, 6) is -0.484. The van der Waals surface area contributed by atoms with Crippen molar-refractivity contribution in [3.05, 3.63) is 118 Å². The van der Waals surface area contributed by atoms with Gasteiger partial charge in [0, 0.05) is 22.1 Å². The van der Waals surface area contributed by atoms with Gasteiger partial charge in [0.05, 0.1) is 27.9 Å². The van der Waals surface area contributed by atoms with Crippen molar-refractivity contribution in [2.24, 2.45) is 4.99 Å². The number of allylic oxidation sites excluding steroid dienone is 1. The van der Waals surface area contributed by atoms with E-state index < -0.39 is 12.0 Å². The average Bonchev–Trinajstić information content (AvgIpc) is 3.31. The summed E-state index contributed by atoms with van der Waals surface area (Å²) < 4.78 is 9.94. The molecule has 0 saturated heterocycles. The third-order valence-electron chi connectivity index (χ3n) is 6.99. The minimum Gasteiger partial charge on any atom is -0.459 e. The minimum atomic E-state index is -0.676. The van der Waals surface area contributed by atoms with E-state index in [1.165, 1.54) is 22.5 Å². The predicted octanol–water partition coefficient (Wildman–Crippen LogP) is 5.86. The first kappa shape index (κ1) is 27.9. The second-order valence-corrected chi connectivity index (χ2v) is 12.0. The summed E-state index contributed by atoms with van der Waals surface area (Å²) in [5, 5.41) is 0.572. The van der Waals surface area contributed by atoms with Crippen LogP contribution < -0.4 is 14.9 Å². The summed E-state index contributed by atoms with van der Waals surface area (Å²) in [5.41, 5.74) is 8.01. The lowest BCUT2D eigenvalue weighted by molar-refractivity contribution is -0.143. The van der Waals surface area contributed by atoms with Gasteiger partial charge >= 0.3 is 5.97 Å². The molecule has 0 unspecified atom stereocenters. The van der Waals surface area contributed by atoms with E-state index >= 15 is 0 Å². The Balaban J connectivity index is 1.69. The summed E-state index contributed by atoms with van der Waals surface area (Å²) in [6.07, 6.45) is 1.62. The van der Waals surface area contributed by atoms with Crippen LogP contribution in [-0.4, -0.2) is 21.2 Å². The van der Waals surface area contributed by atoms with E-state index in [0.29, 0.717) is 25.6 Å². The van der Waals surface area contributed by atoms with Gasteiger partial charge in [-0.1, -0.05) is 41.1 Å². The van der Waals surface area contributed by atoms with Crippen molar-refractivity contribution in [3.8, 4) is 5.69 Å². The molecule has 0 spiro atoms. The molecule has 8 heteroatoms. The first-order valence-corrected chi connectivity index (χ1v) is 14.4. The van der Waals surface area contributed by atoms with E-state index in [1.54, 1.807) is 37.5 Å². The lowest BCUT2D eigenvalue weighted by Gasteiger charge is -2.25. The number of halogens is 1. The SMILES string of the molecule is CC1=C(C(=O)OC(C)C)[C@@H](c2ccc(Cl)cc2)n2c(s/c(=C/c3cc(C)n(-c4cc(C)cc(C)c4)c3C)c2=O)=N1. The number of fused-ring (bicyclic) bond motifs is 1. The fourth-order valence-electron chi connectivity index (χ4n) is 5.37. The Labute approximate surface area is 242 Å². The van der Waals surface area contributed by atoms with Crippen LogP contribution in [0.4, 0.5) is 0 Å². The molecule has 0 aliphatic carbocycles. The fourth-order valence-corrected chi connectivity index (χ4v) is 6.54. The Morgan fingerprint density at radius 3 is 2.30 bits per heavy atom. The summed E-state index contributed by atoms with van der Waals surface area (Å²) in [7, 11) is 0. The molecule has 4 aromatic rings. The van der Waals surface area contributed by atoms with Crippen molar-refractivity contribution in [1.82, 2.24) is 9.13 Å². The van der Waals surface area contributed by atoms with Gasteiger partial charge in [0.15, 0.2) is 4.80 Å². The number of aromatic nitrogens is 2. The minimum absolute atomic E-state index is 0.206. The molecule has 6 nitrogen and oxygen atoms in total. The van der Waals surface area contributed by atoms with Crippen LogP contribution in [0.25, 0.3) is 11.8 Å². The van der Waals surface area contributed by atoms with Crippen molar-refractivity contribution in [3.63, 3.8) is 0 Å². The average molecular weight is 574 g/mol. The molecular formula is C32H32ClN3O3S. The molecule has 0 radical (unpaired) electrons. The molecule has 0 bridgehead atoms. The third-order valence-corrected chi connectivity index (χ3v) is 8.23. The highest BCUT2D eigenvalue weighted by molar-refractivity contribution is 7.07. The summed E-state index contributed by atoms with van der Waals surface area (Å²) >= 11 is 7.49. The van der Waals surface area contributed by atoms with Crippen LogP contribution in [0.3, 0.4) is 0 Å². The smallest absolute Gasteiger partial charge is 0.338 e. The van der Waals surface area contributed by atoms with Crippen molar-refractivity contribution in [1.29, 1.82) is 0 Å². The maximum Gasteiger partial charge on any atom is 0.338 e. The first-order chi connectivity index (χ1) is 18.9. The standard InChI is InChI=1S/C32H32ClN3O3S/c1-17(2)39-31(38)28-21(6)34-32-36(29(28)23-8-10-25(33)11-9-23)30(37)27(40-32)16-24-15-20(5)35(22(24)7)26-13-18(3)12-19(4)14-26/h8-17,29H,1-7H3/b27-16+/t29-/m1/s1. The van der Waals surface area contributed by atoms with Crippen LogP contribution in [0.5, 0.6) is 0 Å². The summed E-state index contributed by atoms with van der Waals surface area (Å²) in [6, 6.07) is 15.1. The van der Waals surface area contributed by atoms with E-state index in [0.717, 1.165) is 28.2 Å². The summed E-state index contributed by atoms with van der Waals surface area (Å²) in [6.45, 7) is 13.7. The zero-order chi connectivity index (χ0) is 28.9. The lowest BCUT2D eigenvalue weighted by atomic mass is 9.96. The van der Waals surface area contributed by atoms with Gasteiger partial charge in [-0.05, 0) is 107 Å². The number of benzene rings is 2. The molecule has 0 N–H and O–H groups in total. The van der Waals surface area contributed by atoms with Gasteiger partial charge < -0.3 is 9.30 Å². The first-order valence-electron chi connectivity index (χ1n) is 13.2. The Bertz CT molecular complexity index is 1840. The lowest BCUT2D eigenvalue weighted by Crippen LogP contribution is -2.40. The van der Waals surface area contributed by atoms with E-state index in [-0.39, 0.29) is 11.7 Å². The zero-order valence-corrected chi connectivity index (χ0v) is 25.3. The van der Waals surface area contributed by atoms with Crippen LogP contribution in [-0.2, 0) is 9.53 Å². The Morgan fingerprint density at radius 2 is 1.68 bits per heavy atom. The number of nitrogens with zero attached hydrogens (tertiary/aromatic N) is 3. The number of aryl methyl sites for hydroxylation is 3. The summed E-state index contributed by atoms with van der Waals surface area (Å²) in [4.78, 5) is 32.5. The van der Waals surface area contributed by atoms with Crippen LogP contribution >= 0.6 is 22.9 Å². The van der Waals surface area contributed by atoms with Gasteiger partial charge in [0.25, 0.3) is 5.56 Å². The number of ether oxygens (including phenoxy) is 1. The van der Waals surface area contributed by atoms with E-state index in [2.05, 4.69) is 56.5 Å². The van der Waals surface area contributed by atoms with Crippen LogP contribution in [0.2, 0.25) is 5.02 Å². The Morgan fingerprint density at radius 1 is 1.02 bits per heavy atom. The molecule has 2 aromatic heterocycles. The number of hydrogen-bond acceptors (Lipinski definition) is 5. The van der Waals surface area contributed by atoms with Crippen molar-refractivity contribution < 1.29 is 9.53 Å². The maximum absolute atomic E-state index is 14.0. The second kappa shape index (κ2) is 10.7. The van der Waals surface area contributed by atoms with Gasteiger partial charge in [0.2, 0.25) is 0 Å². The number of esters is 1. The predicted molar refractivity (Wildman–Crippen MR) is 161 cm³/mol. The van der Waals surface area contributed by atoms with Crippen LogP contribution in [0.15, 0.2) is 69.6 Å². The molecule has 0 amide bonds.